The molecule has 9 heteroatoms. The van der Waals surface area contributed by atoms with Crippen molar-refractivity contribution in [2.24, 2.45) is 0 Å². The number of phenolic OH excluding ortho intramolecular Hbond substituents is 1. The lowest BCUT2D eigenvalue weighted by Crippen LogP contribution is -2.28. The lowest BCUT2D eigenvalue weighted by atomic mass is 9.95. The Morgan fingerprint density at radius 3 is 2.92 bits per heavy atom. The van der Waals surface area contributed by atoms with E-state index in [1.54, 1.807) is 17.6 Å². The van der Waals surface area contributed by atoms with Crippen LogP contribution in [0.4, 0.5) is 5.95 Å². The molecule has 0 aliphatic carbocycles. The van der Waals surface area contributed by atoms with Crippen molar-refractivity contribution in [2.45, 2.75) is 19.9 Å². The molecule has 2 heterocycles. The van der Waals surface area contributed by atoms with Gasteiger partial charge in [-0.05, 0) is 31.5 Å². The second-order valence-corrected chi connectivity index (χ2v) is 6.22. The number of phenols is 1. The molecule has 1 aromatic carbocycles. The van der Waals surface area contributed by atoms with Crippen LogP contribution in [-0.4, -0.2) is 39.6 Å². The van der Waals surface area contributed by atoms with Crippen molar-refractivity contribution in [1.82, 2.24) is 14.8 Å². The predicted molar refractivity (Wildman–Crippen MR) is 94.3 cm³/mol. The van der Waals surface area contributed by atoms with Crippen LogP contribution in [0.15, 0.2) is 28.5 Å². The summed E-state index contributed by atoms with van der Waals surface area (Å²) in [5.41, 5.74) is 1.78. The lowest BCUT2D eigenvalue weighted by Gasteiger charge is -2.29. The van der Waals surface area contributed by atoms with Crippen LogP contribution in [0.5, 0.6) is 11.5 Å². The molecule has 132 valence electrons. The van der Waals surface area contributed by atoms with Gasteiger partial charge in [0.25, 0.3) is 0 Å². The summed E-state index contributed by atoms with van der Waals surface area (Å²) in [4.78, 5) is 12.4. The average Bonchev–Trinajstić information content (AvgIpc) is 3.05. The summed E-state index contributed by atoms with van der Waals surface area (Å²) < 4.78 is 12.7. The number of carbonyl (C=O) groups excluding carboxylic acids is 1. The van der Waals surface area contributed by atoms with Crippen molar-refractivity contribution in [3.63, 3.8) is 0 Å². The largest absolute Gasteiger partial charge is 0.504 e. The SMILES string of the molecule is CCOc1cc(C2Nc3nncn3C(C)=C2C(=O)OC)c(Br)cc1O. The van der Waals surface area contributed by atoms with E-state index in [2.05, 4.69) is 31.4 Å². The van der Waals surface area contributed by atoms with Crippen molar-refractivity contribution in [3.8, 4) is 11.5 Å². The molecule has 0 saturated carbocycles. The number of fused-ring (bicyclic) bond motifs is 1. The van der Waals surface area contributed by atoms with Crippen molar-refractivity contribution < 1.29 is 19.4 Å². The minimum Gasteiger partial charge on any atom is -0.504 e. The molecule has 0 radical (unpaired) electrons. The molecule has 0 amide bonds. The number of ether oxygens (including phenoxy) is 2. The maximum atomic E-state index is 12.4. The maximum Gasteiger partial charge on any atom is 0.337 e. The van der Waals surface area contributed by atoms with Crippen LogP contribution >= 0.6 is 15.9 Å². The van der Waals surface area contributed by atoms with E-state index in [4.69, 9.17) is 9.47 Å². The monoisotopic (exact) mass is 408 g/mol. The number of aromatic nitrogens is 3. The van der Waals surface area contributed by atoms with Gasteiger partial charge in [-0.2, -0.15) is 0 Å². The number of nitrogens with zero attached hydrogens (tertiary/aromatic N) is 3. The Labute approximate surface area is 152 Å². The van der Waals surface area contributed by atoms with E-state index < -0.39 is 12.0 Å². The first-order valence-electron chi connectivity index (χ1n) is 7.59. The van der Waals surface area contributed by atoms with Crippen LogP contribution in [-0.2, 0) is 9.53 Å². The van der Waals surface area contributed by atoms with E-state index in [0.717, 1.165) is 0 Å². The molecular weight excluding hydrogens is 392 g/mol. The molecule has 3 rings (SSSR count). The van der Waals surface area contributed by atoms with Gasteiger partial charge in [0, 0.05) is 10.2 Å². The number of benzene rings is 1. The molecule has 2 N–H and O–H groups in total. The summed E-state index contributed by atoms with van der Waals surface area (Å²) in [6, 6.07) is 2.67. The molecule has 1 aromatic heterocycles. The molecule has 1 aliphatic heterocycles. The number of aromatic hydroxyl groups is 1. The van der Waals surface area contributed by atoms with Gasteiger partial charge in [-0.25, -0.2) is 4.79 Å². The number of halogens is 1. The molecule has 2 aromatic rings. The zero-order chi connectivity index (χ0) is 18.1. The van der Waals surface area contributed by atoms with Gasteiger partial charge in [0.15, 0.2) is 11.5 Å². The number of nitrogens with one attached hydrogen (secondary N) is 1. The summed E-state index contributed by atoms with van der Waals surface area (Å²) in [5.74, 6) is 0.383. The number of hydrogen-bond acceptors (Lipinski definition) is 7. The smallest absolute Gasteiger partial charge is 0.337 e. The number of hydrogen-bond donors (Lipinski definition) is 2. The van der Waals surface area contributed by atoms with Crippen molar-refractivity contribution >= 4 is 33.5 Å². The zero-order valence-electron chi connectivity index (χ0n) is 13.9. The van der Waals surface area contributed by atoms with Crippen LogP contribution in [0.2, 0.25) is 0 Å². The van der Waals surface area contributed by atoms with Crippen LogP contribution < -0.4 is 10.1 Å². The number of carbonyl (C=O) groups is 1. The quantitative estimate of drug-likeness (QED) is 0.750. The highest BCUT2D eigenvalue weighted by molar-refractivity contribution is 9.10. The maximum absolute atomic E-state index is 12.4. The molecule has 0 bridgehead atoms. The first-order valence-corrected chi connectivity index (χ1v) is 8.38. The van der Waals surface area contributed by atoms with Gasteiger partial charge in [0.2, 0.25) is 5.95 Å². The molecule has 0 spiro atoms. The minimum atomic E-state index is -0.543. The number of rotatable bonds is 4. The Morgan fingerprint density at radius 1 is 1.48 bits per heavy atom. The van der Waals surface area contributed by atoms with Gasteiger partial charge in [-0.15, -0.1) is 10.2 Å². The molecule has 0 fully saturated rings. The molecule has 8 nitrogen and oxygen atoms in total. The van der Waals surface area contributed by atoms with Gasteiger partial charge in [-0.1, -0.05) is 15.9 Å². The molecule has 1 aliphatic rings. The van der Waals surface area contributed by atoms with Crippen molar-refractivity contribution in [2.75, 3.05) is 19.0 Å². The molecule has 1 atom stereocenters. The Kier molecular flexibility index (Phi) is 4.67. The Bertz CT molecular complexity index is 862. The first-order chi connectivity index (χ1) is 12.0. The lowest BCUT2D eigenvalue weighted by molar-refractivity contribution is -0.136. The summed E-state index contributed by atoms with van der Waals surface area (Å²) in [6.07, 6.45) is 1.52. The third-order valence-electron chi connectivity index (χ3n) is 3.96. The fourth-order valence-corrected chi connectivity index (χ4v) is 3.34. The topological polar surface area (TPSA) is 98.5 Å². The predicted octanol–water partition coefficient (Wildman–Crippen LogP) is 2.72. The van der Waals surface area contributed by atoms with Gasteiger partial charge in [0.1, 0.15) is 6.33 Å². The number of anilines is 1. The van der Waals surface area contributed by atoms with E-state index in [1.807, 2.05) is 6.92 Å². The van der Waals surface area contributed by atoms with Crippen molar-refractivity contribution in [3.05, 3.63) is 34.1 Å². The van der Waals surface area contributed by atoms with Gasteiger partial charge in [-0.3, -0.25) is 4.57 Å². The second kappa shape index (κ2) is 6.75. The second-order valence-electron chi connectivity index (χ2n) is 5.37. The average molecular weight is 409 g/mol. The third kappa shape index (κ3) is 2.95. The van der Waals surface area contributed by atoms with E-state index in [-0.39, 0.29) is 5.75 Å². The van der Waals surface area contributed by atoms with E-state index in [0.29, 0.717) is 39.6 Å². The highest BCUT2D eigenvalue weighted by Gasteiger charge is 2.34. The Morgan fingerprint density at radius 2 is 2.24 bits per heavy atom. The number of methoxy groups -OCH3 is 1. The number of esters is 1. The molecule has 1 unspecified atom stereocenters. The molecule has 0 saturated heterocycles. The summed E-state index contributed by atoms with van der Waals surface area (Å²) in [7, 11) is 1.33. The third-order valence-corrected chi connectivity index (χ3v) is 4.64. The van der Waals surface area contributed by atoms with Crippen molar-refractivity contribution in [1.29, 1.82) is 0 Å². The van der Waals surface area contributed by atoms with Gasteiger partial charge < -0.3 is 19.9 Å². The van der Waals surface area contributed by atoms with Gasteiger partial charge >= 0.3 is 5.97 Å². The van der Waals surface area contributed by atoms with E-state index >= 15 is 0 Å². The Balaban J connectivity index is 2.17. The fourth-order valence-electron chi connectivity index (χ4n) is 2.78. The molecule has 25 heavy (non-hydrogen) atoms. The highest BCUT2D eigenvalue weighted by atomic mass is 79.9. The van der Waals surface area contributed by atoms with Crippen LogP contribution in [0.25, 0.3) is 5.70 Å². The standard InChI is InChI=1S/C16H17BrN4O4/c1-4-25-12-5-9(10(17)6-11(12)22)14-13(15(23)24-3)8(2)21-7-18-20-16(21)19-14/h5-7,14,22H,4H2,1-3H3,(H,19,20). The summed E-state index contributed by atoms with van der Waals surface area (Å²) in [5, 5.41) is 21.1. The summed E-state index contributed by atoms with van der Waals surface area (Å²) in [6.45, 7) is 4.02. The molecular formula is C16H17BrN4O4. The zero-order valence-corrected chi connectivity index (χ0v) is 15.5. The number of allylic oxidation sites excluding steroid dienone is 1. The van der Waals surface area contributed by atoms with Crippen LogP contribution in [0, 0.1) is 0 Å². The van der Waals surface area contributed by atoms with Crippen LogP contribution in [0.3, 0.4) is 0 Å². The first kappa shape index (κ1) is 17.3. The van der Waals surface area contributed by atoms with Gasteiger partial charge in [0.05, 0.1) is 25.3 Å². The Hall–Kier alpha value is -2.55. The van der Waals surface area contributed by atoms with E-state index in [9.17, 15) is 9.90 Å². The van der Waals surface area contributed by atoms with E-state index in [1.165, 1.54) is 19.5 Å². The highest BCUT2D eigenvalue weighted by Crippen LogP contribution is 2.42. The normalized spacial score (nSPS) is 16.2. The fraction of sp³-hybridized carbons (Fsp3) is 0.312. The summed E-state index contributed by atoms with van der Waals surface area (Å²) >= 11 is 3.44. The minimum absolute atomic E-state index is 0.0109. The van der Waals surface area contributed by atoms with Crippen LogP contribution in [0.1, 0.15) is 25.5 Å².